The van der Waals surface area contributed by atoms with E-state index < -0.39 is 0 Å². The monoisotopic (exact) mass is 126 g/mol. The molecule has 52 valence electrons. The average Bonchev–Trinajstić information content (AvgIpc) is 1.88. The molecule has 0 spiro atoms. The minimum Gasteiger partial charge on any atom is -0.249 e. The van der Waals surface area contributed by atoms with Gasteiger partial charge in [-0.15, -0.1) is 6.58 Å². The number of nitrogens with zero attached hydrogens (tertiary/aromatic N) is 1. The van der Waals surface area contributed by atoms with Gasteiger partial charge < -0.3 is 0 Å². The van der Waals surface area contributed by atoms with Crippen molar-refractivity contribution in [3.8, 4) is 0 Å². The first-order valence-electron chi connectivity index (χ1n) is 3.43. The normalized spacial score (nSPS) is 30.1. The summed E-state index contributed by atoms with van der Waals surface area (Å²) in [7, 11) is 2.07. The average molecular weight is 126 g/mol. The van der Waals surface area contributed by atoms with Gasteiger partial charge in [-0.3, -0.25) is 0 Å². The standard InChI is InChI=1S/C7H14N2/c1-3-7-5-4-6-9(2)8-7/h3,7-8H,1,4-6H2,2H3/t7-/m1/s1. The van der Waals surface area contributed by atoms with E-state index in [1.54, 1.807) is 0 Å². The fourth-order valence-corrected chi connectivity index (χ4v) is 1.13. The molecule has 0 radical (unpaired) electrons. The molecule has 0 aliphatic carbocycles. The molecule has 2 nitrogen and oxygen atoms in total. The zero-order valence-electron chi connectivity index (χ0n) is 5.93. The van der Waals surface area contributed by atoms with Gasteiger partial charge in [0.1, 0.15) is 0 Å². The van der Waals surface area contributed by atoms with Crippen molar-refractivity contribution in [2.24, 2.45) is 0 Å². The number of rotatable bonds is 1. The van der Waals surface area contributed by atoms with Crippen molar-refractivity contribution in [1.82, 2.24) is 10.4 Å². The van der Waals surface area contributed by atoms with Crippen LogP contribution in [0.5, 0.6) is 0 Å². The van der Waals surface area contributed by atoms with Crippen LogP contribution in [0.2, 0.25) is 0 Å². The molecule has 1 aliphatic rings. The Labute approximate surface area is 56.5 Å². The van der Waals surface area contributed by atoms with Crippen molar-refractivity contribution in [3.05, 3.63) is 12.7 Å². The zero-order chi connectivity index (χ0) is 6.69. The molecule has 0 saturated carbocycles. The van der Waals surface area contributed by atoms with Gasteiger partial charge in [-0.25, -0.2) is 10.4 Å². The number of nitrogens with one attached hydrogen (secondary N) is 1. The van der Waals surface area contributed by atoms with E-state index in [2.05, 4.69) is 24.1 Å². The highest BCUT2D eigenvalue weighted by atomic mass is 15.5. The summed E-state index contributed by atoms with van der Waals surface area (Å²) < 4.78 is 0. The van der Waals surface area contributed by atoms with Crippen LogP contribution in [0.15, 0.2) is 12.7 Å². The van der Waals surface area contributed by atoms with Gasteiger partial charge in [-0.2, -0.15) is 0 Å². The first kappa shape index (κ1) is 6.78. The van der Waals surface area contributed by atoms with Crippen LogP contribution in [-0.4, -0.2) is 24.6 Å². The van der Waals surface area contributed by atoms with Crippen LogP contribution in [-0.2, 0) is 0 Å². The van der Waals surface area contributed by atoms with E-state index in [-0.39, 0.29) is 0 Å². The molecule has 1 fully saturated rings. The minimum atomic E-state index is 0.503. The summed E-state index contributed by atoms with van der Waals surface area (Å²) in [6, 6.07) is 0.503. The molecule has 0 aromatic carbocycles. The van der Waals surface area contributed by atoms with Crippen molar-refractivity contribution < 1.29 is 0 Å². The highest BCUT2D eigenvalue weighted by Crippen LogP contribution is 2.04. The van der Waals surface area contributed by atoms with E-state index in [9.17, 15) is 0 Å². The molecule has 0 amide bonds. The third kappa shape index (κ3) is 1.80. The molecule has 1 N–H and O–H groups in total. The first-order valence-corrected chi connectivity index (χ1v) is 3.43. The zero-order valence-corrected chi connectivity index (χ0v) is 5.93. The van der Waals surface area contributed by atoms with Gasteiger partial charge in [0.15, 0.2) is 0 Å². The van der Waals surface area contributed by atoms with E-state index in [4.69, 9.17) is 0 Å². The second-order valence-corrected chi connectivity index (χ2v) is 2.54. The van der Waals surface area contributed by atoms with Gasteiger partial charge >= 0.3 is 0 Å². The molecule has 1 rings (SSSR count). The fraction of sp³-hybridized carbons (Fsp3) is 0.714. The second kappa shape index (κ2) is 2.99. The molecular formula is C7H14N2. The maximum Gasteiger partial charge on any atom is 0.0393 e. The molecule has 0 aromatic rings. The summed E-state index contributed by atoms with van der Waals surface area (Å²) in [5.74, 6) is 0. The van der Waals surface area contributed by atoms with Gasteiger partial charge in [0.2, 0.25) is 0 Å². The topological polar surface area (TPSA) is 15.3 Å². The number of hydrogen-bond acceptors (Lipinski definition) is 2. The highest BCUT2D eigenvalue weighted by molar-refractivity contribution is 4.86. The lowest BCUT2D eigenvalue weighted by molar-refractivity contribution is 0.166. The van der Waals surface area contributed by atoms with Crippen molar-refractivity contribution in [1.29, 1.82) is 0 Å². The van der Waals surface area contributed by atoms with Crippen molar-refractivity contribution in [3.63, 3.8) is 0 Å². The molecule has 9 heavy (non-hydrogen) atoms. The van der Waals surface area contributed by atoms with E-state index in [0.29, 0.717) is 6.04 Å². The number of hydrazine groups is 1. The summed E-state index contributed by atoms with van der Waals surface area (Å²) in [6.45, 7) is 4.89. The summed E-state index contributed by atoms with van der Waals surface area (Å²) in [5.41, 5.74) is 3.28. The predicted molar refractivity (Wildman–Crippen MR) is 39.0 cm³/mol. The van der Waals surface area contributed by atoms with Crippen molar-refractivity contribution in [2.45, 2.75) is 18.9 Å². The second-order valence-electron chi connectivity index (χ2n) is 2.54. The van der Waals surface area contributed by atoms with Gasteiger partial charge in [-0.05, 0) is 12.8 Å². The van der Waals surface area contributed by atoms with Crippen LogP contribution in [0.25, 0.3) is 0 Å². The molecule has 0 unspecified atom stereocenters. The molecular weight excluding hydrogens is 112 g/mol. The Bertz CT molecular complexity index is 101. The van der Waals surface area contributed by atoms with E-state index in [1.807, 2.05) is 6.08 Å². The molecule has 0 aromatic heterocycles. The van der Waals surface area contributed by atoms with Gasteiger partial charge in [-0.1, -0.05) is 6.08 Å². The lowest BCUT2D eigenvalue weighted by atomic mass is 10.1. The van der Waals surface area contributed by atoms with Crippen LogP contribution in [0, 0.1) is 0 Å². The predicted octanol–water partition coefficient (Wildman–Crippen LogP) is 0.771. The van der Waals surface area contributed by atoms with Gasteiger partial charge in [0.05, 0.1) is 0 Å². The van der Waals surface area contributed by atoms with Crippen LogP contribution < -0.4 is 5.43 Å². The maximum absolute atomic E-state index is 3.73. The summed E-state index contributed by atoms with van der Waals surface area (Å²) >= 11 is 0. The lowest BCUT2D eigenvalue weighted by Gasteiger charge is -2.28. The Kier molecular flexibility index (Phi) is 2.25. The first-order chi connectivity index (χ1) is 4.33. The smallest absolute Gasteiger partial charge is 0.0393 e. The fourth-order valence-electron chi connectivity index (χ4n) is 1.13. The largest absolute Gasteiger partial charge is 0.249 e. The highest BCUT2D eigenvalue weighted by Gasteiger charge is 2.11. The molecule has 1 heterocycles. The molecule has 1 aliphatic heterocycles. The SMILES string of the molecule is C=C[C@@H]1CCCN(C)N1. The number of hydrogen-bond donors (Lipinski definition) is 1. The molecule has 1 atom stereocenters. The van der Waals surface area contributed by atoms with E-state index in [1.165, 1.54) is 12.8 Å². The Hall–Kier alpha value is -0.340. The molecule has 1 saturated heterocycles. The van der Waals surface area contributed by atoms with E-state index in [0.717, 1.165) is 6.54 Å². The third-order valence-electron chi connectivity index (χ3n) is 1.68. The van der Waals surface area contributed by atoms with Crippen LogP contribution in [0.4, 0.5) is 0 Å². The Morgan fingerprint density at radius 1 is 1.78 bits per heavy atom. The van der Waals surface area contributed by atoms with Crippen LogP contribution >= 0.6 is 0 Å². The van der Waals surface area contributed by atoms with Crippen molar-refractivity contribution in [2.75, 3.05) is 13.6 Å². The molecule has 0 bridgehead atoms. The van der Waals surface area contributed by atoms with Crippen molar-refractivity contribution >= 4 is 0 Å². The Balaban J connectivity index is 2.31. The maximum atomic E-state index is 3.73. The van der Waals surface area contributed by atoms with Gasteiger partial charge in [0, 0.05) is 19.6 Å². The summed E-state index contributed by atoms with van der Waals surface area (Å²) in [5, 5.41) is 2.12. The Morgan fingerprint density at radius 3 is 3.00 bits per heavy atom. The van der Waals surface area contributed by atoms with Crippen LogP contribution in [0.3, 0.4) is 0 Å². The molecule has 2 heteroatoms. The van der Waals surface area contributed by atoms with Gasteiger partial charge in [0.25, 0.3) is 0 Å². The summed E-state index contributed by atoms with van der Waals surface area (Å²) in [4.78, 5) is 0. The quantitative estimate of drug-likeness (QED) is 0.522. The lowest BCUT2D eigenvalue weighted by Crippen LogP contribution is -2.45. The Morgan fingerprint density at radius 2 is 2.56 bits per heavy atom. The van der Waals surface area contributed by atoms with Crippen LogP contribution in [0.1, 0.15) is 12.8 Å². The van der Waals surface area contributed by atoms with E-state index >= 15 is 0 Å². The summed E-state index contributed by atoms with van der Waals surface area (Å²) in [6.07, 6.45) is 4.48. The minimum absolute atomic E-state index is 0.503. The third-order valence-corrected chi connectivity index (χ3v) is 1.68.